The Morgan fingerprint density at radius 2 is 1.40 bits per heavy atom. The van der Waals surface area contributed by atoms with E-state index in [9.17, 15) is 9.18 Å². The Kier molecular flexibility index (Phi) is 3.76. The number of halogens is 1. The van der Waals surface area contributed by atoms with Gasteiger partial charge in [-0.1, -0.05) is 6.07 Å². The molecule has 2 rings (SSSR count). The monoisotopic (exact) mass is 270 g/mol. The standard InChI is InChI=1S/C18H19FO/c1-10-6-15(9-16(19)7-10)18(20)17-13(4)11(2)8-12(3)14(17)5/h6-9H,1-5H3. The molecule has 0 bridgehead atoms. The molecule has 0 amide bonds. The van der Waals surface area contributed by atoms with E-state index in [1.807, 2.05) is 27.7 Å². The fourth-order valence-corrected chi connectivity index (χ4v) is 2.57. The average molecular weight is 270 g/mol. The molecule has 2 aromatic carbocycles. The van der Waals surface area contributed by atoms with Crippen molar-refractivity contribution < 1.29 is 9.18 Å². The predicted octanol–water partition coefficient (Wildman–Crippen LogP) is 4.60. The van der Waals surface area contributed by atoms with Crippen LogP contribution in [0.2, 0.25) is 0 Å². The van der Waals surface area contributed by atoms with Crippen molar-refractivity contribution in [3.63, 3.8) is 0 Å². The number of benzene rings is 2. The van der Waals surface area contributed by atoms with Crippen molar-refractivity contribution in [2.24, 2.45) is 0 Å². The summed E-state index contributed by atoms with van der Waals surface area (Å²) in [6, 6.07) is 6.56. The van der Waals surface area contributed by atoms with Gasteiger partial charge in [0.2, 0.25) is 0 Å². The first-order valence-corrected chi connectivity index (χ1v) is 6.70. The summed E-state index contributed by atoms with van der Waals surface area (Å²) in [5, 5.41) is 0. The first-order valence-electron chi connectivity index (χ1n) is 6.70. The van der Waals surface area contributed by atoms with Crippen LogP contribution in [0.1, 0.15) is 43.7 Å². The second-order valence-electron chi connectivity index (χ2n) is 5.48. The summed E-state index contributed by atoms with van der Waals surface area (Å²) in [7, 11) is 0. The van der Waals surface area contributed by atoms with Gasteiger partial charge in [-0.15, -0.1) is 0 Å². The number of ketones is 1. The van der Waals surface area contributed by atoms with Gasteiger partial charge in [0.25, 0.3) is 0 Å². The zero-order valence-corrected chi connectivity index (χ0v) is 12.6. The summed E-state index contributed by atoms with van der Waals surface area (Å²) >= 11 is 0. The highest BCUT2D eigenvalue weighted by molar-refractivity contribution is 6.11. The second-order valence-corrected chi connectivity index (χ2v) is 5.48. The van der Waals surface area contributed by atoms with E-state index >= 15 is 0 Å². The van der Waals surface area contributed by atoms with Gasteiger partial charge >= 0.3 is 0 Å². The summed E-state index contributed by atoms with van der Waals surface area (Å²) in [5.41, 5.74) is 5.99. The van der Waals surface area contributed by atoms with Gasteiger partial charge in [0.05, 0.1) is 0 Å². The molecule has 0 heterocycles. The van der Waals surface area contributed by atoms with Gasteiger partial charge in [-0.3, -0.25) is 4.79 Å². The van der Waals surface area contributed by atoms with Crippen LogP contribution in [0.15, 0.2) is 24.3 Å². The molecular formula is C18H19FO. The molecule has 0 aliphatic heterocycles. The summed E-state index contributed by atoms with van der Waals surface area (Å²) in [6.07, 6.45) is 0. The summed E-state index contributed by atoms with van der Waals surface area (Å²) in [6.45, 7) is 9.67. The molecule has 104 valence electrons. The molecule has 2 aromatic rings. The Morgan fingerprint density at radius 3 is 1.90 bits per heavy atom. The van der Waals surface area contributed by atoms with Crippen LogP contribution in [0.4, 0.5) is 4.39 Å². The molecule has 0 aliphatic rings. The van der Waals surface area contributed by atoms with Crippen LogP contribution in [0.25, 0.3) is 0 Å². The van der Waals surface area contributed by atoms with Crippen molar-refractivity contribution in [1.82, 2.24) is 0 Å². The normalized spacial score (nSPS) is 10.7. The lowest BCUT2D eigenvalue weighted by Crippen LogP contribution is -2.09. The number of hydrogen-bond acceptors (Lipinski definition) is 1. The van der Waals surface area contributed by atoms with Gasteiger partial charge in [-0.05, 0) is 80.6 Å². The van der Waals surface area contributed by atoms with Gasteiger partial charge in [-0.25, -0.2) is 4.39 Å². The Hall–Kier alpha value is -1.96. The molecule has 0 unspecified atom stereocenters. The Bertz CT molecular complexity index is 653. The van der Waals surface area contributed by atoms with E-state index in [4.69, 9.17) is 0 Å². The molecule has 0 aromatic heterocycles. The van der Waals surface area contributed by atoms with Gasteiger partial charge < -0.3 is 0 Å². The second kappa shape index (κ2) is 5.20. The van der Waals surface area contributed by atoms with E-state index in [-0.39, 0.29) is 11.6 Å². The van der Waals surface area contributed by atoms with Crippen LogP contribution in [0, 0.1) is 40.4 Å². The maximum absolute atomic E-state index is 13.5. The third-order valence-corrected chi connectivity index (χ3v) is 3.90. The molecule has 0 aliphatic carbocycles. The Morgan fingerprint density at radius 1 is 0.850 bits per heavy atom. The van der Waals surface area contributed by atoms with Crippen LogP contribution in [-0.4, -0.2) is 5.78 Å². The molecule has 0 fully saturated rings. The lowest BCUT2D eigenvalue weighted by Gasteiger charge is -2.14. The van der Waals surface area contributed by atoms with Crippen LogP contribution >= 0.6 is 0 Å². The van der Waals surface area contributed by atoms with Gasteiger partial charge in [-0.2, -0.15) is 0 Å². The van der Waals surface area contributed by atoms with E-state index in [0.29, 0.717) is 11.1 Å². The molecule has 20 heavy (non-hydrogen) atoms. The largest absolute Gasteiger partial charge is 0.289 e. The van der Waals surface area contributed by atoms with E-state index in [1.54, 1.807) is 13.0 Å². The van der Waals surface area contributed by atoms with Gasteiger partial charge in [0.1, 0.15) is 5.82 Å². The zero-order valence-electron chi connectivity index (χ0n) is 12.6. The van der Waals surface area contributed by atoms with E-state index in [0.717, 1.165) is 27.8 Å². The van der Waals surface area contributed by atoms with Gasteiger partial charge in [0, 0.05) is 11.1 Å². The van der Waals surface area contributed by atoms with E-state index < -0.39 is 0 Å². The summed E-state index contributed by atoms with van der Waals surface area (Å²) in [5.74, 6) is -0.470. The van der Waals surface area contributed by atoms with Crippen molar-refractivity contribution in [3.05, 3.63) is 69.0 Å². The topological polar surface area (TPSA) is 17.1 Å². The summed E-state index contributed by atoms with van der Waals surface area (Å²) in [4.78, 5) is 12.7. The highest BCUT2D eigenvalue weighted by Crippen LogP contribution is 2.25. The predicted molar refractivity (Wildman–Crippen MR) is 80.0 cm³/mol. The van der Waals surface area contributed by atoms with Crippen LogP contribution in [-0.2, 0) is 0 Å². The number of carbonyl (C=O) groups is 1. The lowest BCUT2D eigenvalue weighted by molar-refractivity contribution is 0.103. The molecule has 1 nitrogen and oxygen atoms in total. The van der Waals surface area contributed by atoms with Crippen molar-refractivity contribution in [1.29, 1.82) is 0 Å². The highest BCUT2D eigenvalue weighted by Gasteiger charge is 2.18. The van der Waals surface area contributed by atoms with Crippen molar-refractivity contribution >= 4 is 5.78 Å². The minimum atomic E-state index is -0.368. The van der Waals surface area contributed by atoms with Crippen LogP contribution in [0.3, 0.4) is 0 Å². The maximum atomic E-state index is 13.5. The van der Waals surface area contributed by atoms with E-state index in [2.05, 4.69) is 6.07 Å². The molecule has 0 radical (unpaired) electrons. The third kappa shape index (κ3) is 2.51. The molecule has 2 heteroatoms. The molecule has 0 atom stereocenters. The molecule has 0 N–H and O–H groups in total. The Balaban J connectivity index is 2.65. The first kappa shape index (κ1) is 14.4. The third-order valence-electron chi connectivity index (χ3n) is 3.90. The minimum absolute atomic E-state index is 0.102. The first-order chi connectivity index (χ1) is 9.31. The Labute approximate surface area is 119 Å². The quantitative estimate of drug-likeness (QED) is 0.729. The summed E-state index contributed by atoms with van der Waals surface area (Å²) < 4.78 is 13.5. The van der Waals surface area contributed by atoms with Gasteiger partial charge in [0.15, 0.2) is 5.78 Å². The van der Waals surface area contributed by atoms with Crippen molar-refractivity contribution in [3.8, 4) is 0 Å². The fourth-order valence-electron chi connectivity index (χ4n) is 2.57. The lowest BCUT2D eigenvalue weighted by atomic mass is 9.89. The van der Waals surface area contributed by atoms with Crippen LogP contribution in [0.5, 0.6) is 0 Å². The number of aryl methyl sites for hydroxylation is 3. The average Bonchev–Trinajstić information content (AvgIpc) is 2.35. The number of hydrogen-bond donors (Lipinski definition) is 0. The van der Waals surface area contributed by atoms with Crippen molar-refractivity contribution in [2.75, 3.05) is 0 Å². The highest BCUT2D eigenvalue weighted by atomic mass is 19.1. The van der Waals surface area contributed by atoms with E-state index in [1.165, 1.54) is 12.1 Å². The van der Waals surface area contributed by atoms with Crippen molar-refractivity contribution in [2.45, 2.75) is 34.6 Å². The van der Waals surface area contributed by atoms with Crippen LogP contribution < -0.4 is 0 Å². The molecule has 0 spiro atoms. The maximum Gasteiger partial charge on any atom is 0.193 e. The number of carbonyl (C=O) groups excluding carboxylic acids is 1. The zero-order chi connectivity index (χ0) is 15.0. The smallest absolute Gasteiger partial charge is 0.193 e. The molecule has 0 saturated carbocycles. The SMILES string of the molecule is Cc1cc(F)cc(C(=O)c2c(C)c(C)cc(C)c2C)c1. The molecule has 0 saturated heterocycles. The minimum Gasteiger partial charge on any atom is -0.289 e. The number of rotatable bonds is 2. The molecular weight excluding hydrogens is 251 g/mol. The fraction of sp³-hybridized carbons (Fsp3) is 0.278.